The average Bonchev–Trinajstić information content (AvgIpc) is 2.48. The Morgan fingerprint density at radius 2 is 2.05 bits per heavy atom. The van der Waals surface area contributed by atoms with Gasteiger partial charge in [0.2, 0.25) is 5.91 Å². The SMILES string of the molecule is CN(CC(=O)N(C)c1ccc(N)cc1)CC1CCCOC1. The lowest BCUT2D eigenvalue weighted by Gasteiger charge is -2.28. The van der Waals surface area contributed by atoms with Crippen LogP contribution in [0, 0.1) is 5.92 Å². The molecule has 0 bridgehead atoms. The van der Waals surface area contributed by atoms with Gasteiger partial charge in [0, 0.05) is 31.6 Å². The van der Waals surface area contributed by atoms with Crippen LogP contribution < -0.4 is 10.6 Å². The minimum absolute atomic E-state index is 0.0824. The lowest BCUT2D eigenvalue weighted by molar-refractivity contribution is -0.119. The third kappa shape index (κ3) is 4.72. The molecule has 1 aliphatic heterocycles. The summed E-state index contributed by atoms with van der Waals surface area (Å²) in [7, 11) is 3.79. The molecule has 2 N–H and O–H groups in total. The van der Waals surface area contributed by atoms with Crippen LogP contribution in [0.3, 0.4) is 0 Å². The number of benzene rings is 1. The standard InChI is InChI=1S/C16H25N3O2/c1-18(10-13-4-3-9-21-12-13)11-16(20)19(2)15-7-5-14(17)6-8-15/h5-8,13H,3-4,9-12,17H2,1-2H3. The normalized spacial score (nSPS) is 18.7. The third-order valence-corrected chi connectivity index (χ3v) is 3.88. The predicted octanol–water partition coefficient (Wildman–Crippen LogP) is 1.59. The van der Waals surface area contributed by atoms with Gasteiger partial charge in [-0.25, -0.2) is 0 Å². The number of ether oxygens (including phenoxy) is 1. The number of amides is 1. The Kier molecular flexibility index (Phi) is 5.59. The van der Waals surface area contributed by atoms with E-state index >= 15 is 0 Å². The van der Waals surface area contributed by atoms with Crippen molar-refractivity contribution in [2.45, 2.75) is 12.8 Å². The van der Waals surface area contributed by atoms with Gasteiger partial charge in [-0.1, -0.05) is 0 Å². The molecule has 1 aromatic carbocycles. The molecule has 116 valence electrons. The second-order valence-corrected chi connectivity index (χ2v) is 5.82. The Bertz CT molecular complexity index is 455. The van der Waals surface area contributed by atoms with E-state index in [0.717, 1.165) is 31.9 Å². The molecule has 1 aliphatic rings. The van der Waals surface area contributed by atoms with Crippen LogP contribution in [0.2, 0.25) is 0 Å². The van der Waals surface area contributed by atoms with Gasteiger partial charge in [0.25, 0.3) is 0 Å². The Morgan fingerprint density at radius 1 is 1.33 bits per heavy atom. The zero-order valence-corrected chi connectivity index (χ0v) is 12.9. The van der Waals surface area contributed by atoms with Gasteiger partial charge in [-0.2, -0.15) is 0 Å². The molecule has 0 saturated carbocycles. The van der Waals surface area contributed by atoms with Crippen LogP contribution in [0.25, 0.3) is 0 Å². The van der Waals surface area contributed by atoms with E-state index < -0.39 is 0 Å². The maximum absolute atomic E-state index is 12.3. The number of likely N-dealkylation sites (N-methyl/N-ethyl adjacent to an activating group) is 2. The molecule has 1 saturated heterocycles. The van der Waals surface area contributed by atoms with Gasteiger partial charge in [0.15, 0.2) is 0 Å². The van der Waals surface area contributed by atoms with E-state index in [0.29, 0.717) is 18.2 Å². The van der Waals surface area contributed by atoms with Crippen LogP contribution in [0.1, 0.15) is 12.8 Å². The maximum atomic E-state index is 12.3. The van der Waals surface area contributed by atoms with Crippen LogP contribution in [-0.4, -0.2) is 51.2 Å². The van der Waals surface area contributed by atoms with Gasteiger partial charge >= 0.3 is 0 Å². The molecule has 5 nitrogen and oxygen atoms in total. The number of hydrogen-bond acceptors (Lipinski definition) is 4. The monoisotopic (exact) mass is 291 g/mol. The van der Waals surface area contributed by atoms with E-state index in [2.05, 4.69) is 4.90 Å². The number of nitrogen functional groups attached to an aromatic ring is 1. The summed E-state index contributed by atoms with van der Waals surface area (Å²) in [6, 6.07) is 7.34. The van der Waals surface area contributed by atoms with Crippen LogP contribution >= 0.6 is 0 Å². The molecule has 0 spiro atoms. The maximum Gasteiger partial charge on any atom is 0.240 e. The van der Waals surface area contributed by atoms with E-state index in [4.69, 9.17) is 10.5 Å². The van der Waals surface area contributed by atoms with Crippen molar-refractivity contribution in [2.24, 2.45) is 5.92 Å². The molecule has 1 unspecified atom stereocenters. The van der Waals surface area contributed by atoms with Crippen LogP contribution in [0.4, 0.5) is 11.4 Å². The summed E-state index contributed by atoms with van der Waals surface area (Å²) in [6.07, 6.45) is 2.31. The van der Waals surface area contributed by atoms with Crippen molar-refractivity contribution in [3.05, 3.63) is 24.3 Å². The quantitative estimate of drug-likeness (QED) is 0.837. The molecule has 21 heavy (non-hydrogen) atoms. The van der Waals surface area contributed by atoms with Crippen LogP contribution in [0.15, 0.2) is 24.3 Å². The van der Waals surface area contributed by atoms with Crippen molar-refractivity contribution < 1.29 is 9.53 Å². The first kappa shape index (κ1) is 15.8. The number of rotatable bonds is 5. The zero-order chi connectivity index (χ0) is 15.2. The fourth-order valence-corrected chi connectivity index (χ4v) is 2.64. The molecular formula is C16H25N3O2. The Morgan fingerprint density at radius 3 is 2.67 bits per heavy atom. The smallest absolute Gasteiger partial charge is 0.240 e. The Balaban J connectivity index is 1.83. The Labute approximate surface area is 126 Å². The second kappa shape index (κ2) is 7.43. The van der Waals surface area contributed by atoms with E-state index in [-0.39, 0.29) is 5.91 Å². The summed E-state index contributed by atoms with van der Waals surface area (Å²) in [6.45, 7) is 3.00. The molecule has 2 rings (SSSR count). The summed E-state index contributed by atoms with van der Waals surface area (Å²) < 4.78 is 5.48. The number of anilines is 2. The summed E-state index contributed by atoms with van der Waals surface area (Å²) in [5, 5.41) is 0. The van der Waals surface area contributed by atoms with E-state index in [9.17, 15) is 4.79 Å². The summed E-state index contributed by atoms with van der Waals surface area (Å²) in [5.41, 5.74) is 7.23. The van der Waals surface area contributed by atoms with Gasteiger partial charge in [0.05, 0.1) is 13.2 Å². The number of nitrogens with zero attached hydrogens (tertiary/aromatic N) is 2. The number of carbonyl (C=O) groups is 1. The van der Waals surface area contributed by atoms with E-state index in [1.165, 1.54) is 6.42 Å². The number of carbonyl (C=O) groups excluding carboxylic acids is 1. The molecule has 1 heterocycles. The highest BCUT2D eigenvalue weighted by Gasteiger charge is 2.19. The van der Waals surface area contributed by atoms with Gasteiger partial charge in [-0.15, -0.1) is 0 Å². The highest BCUT2D eigenvalue weighted by molar-refractivity contribution is 5.94. The molecule has 1 amide bonds. The molecule has 0 radical (unpaired) electrons. The zero-order valence-electron chi connectivity index (χ0n) is 12.9. The number of hydrogen-bond donors (Lipinski definition) is 1. The molecule has 1 aromatic rings. The minimum Gasteiger partial charge on any atom is -0.399 e. The van der Waals surface area contributed by atoms with Crippen molar-refractivity contribution in [3.63, 3.8) is 0 Å². The van der Waals surface area contributed by atoms with Crippen molar-refractivity contribution in [2.75, 3.05) is 51.0 Å². The lowest BCUT2D eigenvalue weighted by Crippen LogP contribution is -2.39. The van der Waals surface area contributed by atoms with E-state index in [1.807, 2.05) is 31.3 Å². The van der Waals surface area contributed by atoms with Gasteiger partial charge < -0.3 is 15.4 Å². The summed E-state index contributed by atoms with van der Waals surface area (Å²) >= 11 is 0. The van der Waals surface area contributed by atoms with Gasteiger partial charge in [0.1, 0.15) is 0 Å². The first-order chi connectivity index (χ1) is 10.1. The molecule has 0 aliphatic carbocycles. The predicted molar refractivity (Wildman–Crippen MR) is 85.3 cm³/mol. The first-order valence-electron chi connectivity index (χ1n) is 7.44. The van der Waals surface area contributed by atoms with Crippen molar-refractivity contribution >= 4 is 17.3 Å². The molecule has 1 fully saturated rings. The summed E-state index contributed by atoms with van der Waals surface area (Å²) in [4.78, 5) is 16.1. The van der Waals surface area contributed by atoms with Crippen LogP contribution in [-0.2, 0) is 9.53 Å². The first-order valence-corrected chi connectivity index (χ1v) is 7.44. The lowest BCUT2D eigenvalue weighted by atomic mass is 10.0. The highest BCUT2D eigenvalue weighted by Crippen LogP contribution is 2.16. The largest absolute Gasteiger partial charge is 0.399 e. The van der Waals surface area contributed by atoms with Crippen molar-refractivity contribution in [1.82, 2.24) is 4.90 Å². The highest BCUT2D eigenvalue weighted by atomic mass is 16.5. The molecule has 1 atom stereocenters. The topological polar surface area (TPSA) is 58.8 Å². The molecule has 5 heteroatoms. The second-order valence-electron chi connectivity index (χ2n) is 5.82. The van der Waals surface area contributed by atoms with Crippen molar-refractivity contribution in [1.29, 1.82) is 0 Å². The number of nitrogens with two attached hydrogens (primary N) is 1. The fraction of sp³-hybridized carbons (Fsp3) is 0.562. The van der Waals surface area contributed by atoms with Crippen molar-refractivity contribution in [3.8, 4) is 0 Å². The van der Waals surface area contributed by atoms with Gasteiger partial charge in [-0.3, -0.25) is 9.69 Å². The molecule has 0 aromatic heterocycles. The fourth-order valence-electron chi connectivity index (χ4n) is 2.64. The average molecular weight is 291 g/mol. The third-order valence-electron chi connectivity index (χ3n) is 3.88. The Hall–Kier alpha value is -1.59. The summed E-state index contributed by atoms with van der Waals surface area (Å²) in [5.74, 6) is 0.623. The molecular weight excluding hydrogens is 266 g/mol. The van der Waals surface area contributed by atoms with Gasteiger partial charge in [-0.05, 0) is 50.1 Å². The minimum atomic E-state index is 0.0824. The van der Waals surface area contributed by atoms with E-state index in [1.54, 1.807) is 11.9 Å². The van der Waals surface area contributed by atoms with Crippen LogP contribution in [0.5, 0.6) is 0 Å².